The number of alkyl carbamates (subject to hydrolysis) is 2. The van der Waals surface area contributed by atoms with Gasteiger partial charge in [-0.25, -0.2) is 9.59 Å². The largest absolute Gasteiger partial charge is 0.445 e. The molecule has 2 aromatic carbocycles. The summed E-state index contributed by atoms with van der Waals surface area (Å²) in [5, 5.41) is 21.1. The maximum absolute atomic E-state index is 14.7. The van der Waals surface area contributed by atoms with Gasteiger partial charge in [0, 0.05) is 42.9 Å². The van der Waals surface area contributed by atoms with Crippen molar-refractivity contribution in [1.82, 2.24) is 25.9 Å². The highest BCUT2D eigenvalue weighted by Gasteiger charge is 2.46. The van der Waals surface area contributed by atoms with Gasteiger partial charge in [-0.05, 0) is 129 Å². The molecule has 2 fully saturated rings. The lowest BCUT2D eigenvalue weighted by atomic mass is 9.73. The lowest BCUT2D eigenvalue weighted by Crippen LogP contribution is -2.59. The zero-order chi connectivity index (χ0) is 51.1. The number of hydroxylamine groups is 2. The summed E-state index contributed by atoms with van der Waals surface area (Å²) < 4.78 is 10.9. The van der Waals surface area contributed by atoms with E-state index in [1.165, 1.54) is 5.06 Å². The van der Waals surface area contributed by atoms with Crippen LogP contribution in [-0.4, -0.2) is 98.6 Å². The molecule has 0 spiro atoms. The number of Topliss-reactive ketones (excluding diaryl/α,β-unsaturated/α-hetero) is 2. The van der Waals surface area contributed by atoms with Gasteiger partial charge in [0.1, 0.15) is 12.2 Å². The summed E-state index contributed by atoms with van der Waals surface area (Å²) in [6, 6.07) is 17.0. The topological polar surface area (TPSA) is 184 Å². The second-order valence-electron chi connectivity index (χ2n) is 22.3. The normalized spacial score (nSPS) is 19.2. The molecule has 2 heterocycles. The van der Waals surface area contributed by atoms with Crippen molar-refractivity contribution in [2.24, 2.45) is 29.6 Å². The Kier molecular flexibility index (Phi) is 21.0. The zero-order valence-corrected chi connectivity index (χ0v) is 43.3. The summed E-state index contributed by atoms with van der Waals surface area (Å²) in [6.45, 7) is 21.8. The number of rotatable bonds is 23. The van der Waals surface area contributed by atoms with Gasteiger partial charge in [-0.1, -0.05) is 101 Å². The van der Waals surface area contributed by atoms with Gasteiger partial charge >= 0.3 is 12.2 Å². The minimum atomic E-state index is -0.881. The molecule has 69 heavy (non-hydrogen) atoms. The first-order chi connectivity index (χ1) is 32.3. The Balaban J connectivity index is 1.50. The third-order valence-electron chi connectivity index (χ3n) is 13.2. The highest BCUT2D eigenvalue weighted by atomic mass is 16.6. The van der Waals surface area contributed by atoms with Crippen molar-refractivity contribution in [3.05, 3.63) is 83.9 Å². The third-order valence-corrected chi connectivity index (χ3v) is 13.2. The summed E-state index contributed by atoms with van der Waals surface area (Å²) in [4.78, 5) is 84.8. The molecule has 2 aliphatic heterocycles. The van der Waals surface area contributed by atoms with Crippen LogP contribution in [0.25, 0.3) is 0 Å². The molecule has 382 valence electrons. The van der Waals surface area contributed by atoms with Gasteiger partial charge in [0.25, 0.3) is 0 Å². The summed E-state index contributed by atoms with van der Waals surface area (Å²) in [7, 11) is 0. The number of hydrogen-bond acceptors (Lipinski definition) is 10. The van der Waals surface area contributed by atoms with Crippen LogP contribution in [0.4, 0.5) is 9.59 Å². The molecule has 14 heteroatoms. The molecule has 0 bridgehead atoms. The number of benzene rings is 2. The lowest BCUT2D eigenvalue weighted by Gasteiger charge is -2.51. The van der Waals surface area contributed by atoms with Gasteiger partial charge in [0.05, 0.1) is 24.0 Å². The van der Waals surface area contributed by atoms with Crippen molar-refractivity contribution in [3.8, 4) is 0 Å². The van der Waals surface area contributed by atoms with Crippen LogP contribution >= 0.6 is 0 Å². The first-order valence-electron chi connectivity index (χ1n) is 25.2. The number of likely N-dealkylation sites (tertiary alicyclic amines) is 1. The first kappa shape index (κ1) is 56.5. The van der Waals surface area contributed by atoms with Gasteiger partial charge in [0.2, 0.25) is 11.8 Å². The summed E-state index contributed by atoms with van der Waals surface area (Å²) in [6.07, 6.45) is 6.56. The van der Waals surface area contributed by atoms with Crippen LogP contribution in [-0.2, 0) is 41.7 Å². The number of carbonyl (C=O) groups excluding carboxylic acids is 6. The van der Waals surface area contributed by atoms with Crippen LogP contribution in [0.3, 0.4) is 0 Å². The van der Waals surface area contributed by atoms with Crippen LogP contribution in [0.15, 0.2) is 72.8 Å². The Morgan fingerprint density at radius 2 is 1.45 bits per heavy atom. The maximum atomic E-state index is 14.7. The number of hydrogen-bond donors (Lipinski definition) is 4. The van der Waals surface area contributed by atoms with E-state index in [9.17, 15) is 34.0 Å². The van der Waals surface area contributed by atoms with Gasteiger partial charge in [-0.15, -0.1) is 0 Å². The van der Waals surface area contributed by atoms with Gasteiger partial charge in [0.15, 0.2) is 11.6 Å². The molecule has 2 saturated heterocycles. The Morgan fingerprint density at radius 1 is 0.841 bits per heavy atom. The maximum Gasteiger partial charge on any atom is 0.408 e. The SMILES string of the molecule is CC(C)C[C@@H](/C=C/[C@H](Cc1ccccc1)C(=O)N1CCC[C@H]1C(=O)C[C@H](C(=O)N[C@@H](CCCNC(=O)OCc1ccccc1)C(=O)CC1CC(C)(C)N(O)C(C)(C)C1)C(C)C)NC(=O)OC(C)(C)C. The molecule has 2 aliphatic rings. The predicted molar refractivity (Wildman–Crippen MR) is 268 cm³/mol. The lowest BCUT2D eigenvalue weighted by molar-refractivity contribution is -0.251. The fourth-order valence-electron chi connectivity index (χ4n) is 10.0. The Hall–Kier alpha value is -5.08. The predicted octanol–water partition coefficient (Wildman–Crippen LogP) is 9.37. The van der Waals surface area contributed by atoms with Gasteiger partial charge < -0.3 is 35.5 Å². The molecular formula is C55H83N5O9. The number of piperidine rings is 1. The molecule has 4 N–H and O–H groups in total. The minimum Gasteiger partial charge on any atom is -0.445 e. The monoisotopic (exact) mass is 958 g/mol. The summed E-state index contributed by atoms with van der Waals surface area (Å²) in [5.74, 6) is -2.44. The van der Waals surface area contributed by atoms with Crippen LogP contribution in [0.2, 0.25) is 0 Å². The van der Waals surface area contributed by atoms with Crippen molar-refractivity contribution in [3.63, 3.8) is 0 Å². The number of carbonyl (C=O) groups is 6. The summed E-state index contributed by atoms with van der Waals surface area (Å²) >= 11 is 0. The molecule has 4 amide bonds. The third kappa shape index (κ3) is 18.3. The standard InChI is InChI=1S/C55H83N5O9/c1-37(2)30-43(57-52(66)69-53(5,6)7)27-26-42(31-39-20-14-12-15-21-39)50(64)59-29-19-25-46(59)48(62)33-44(38(3)4)49(63)58-45(24-18-28-56-51(65)68-36-40-22-16-13-17-23-40)47(61)32-41-34-54(8,9)60(67)55(10,11)35-41/h12-17,20-23,26-27,37-38,41-46,67H,18-19,24-25,28-36H2,1-11H3,(H,56,65)(H,57,66)(H,58,63)/b27-26+/t42-,43-,44+,45+,46+/m1/s1. The van der Waals surface area contributed by atoms with Crippen LogP contribution in [0.5, 0.6) is 0 Å². The van der Waals surface area contributed by atoms with E-state index in [2.05, 4.69) is 29.8 Å². The van der Waals surface area contributed by atoms with Crippen LogP contribution < -0.4 is 16.0 Å². The van der Waals surface area contributed by atoms with E-state index in [1.54, 1.807) is 25.7 Å². The number of nitrogens with zero attached hydrogens (tertiary/aromatic N) is 2. The molecule has 0 radical (unpaired) electrons. The molecule has 2 aromatic rings. The molecule has 0 saturated carbocycles. The van der Waals surface area contributed by atoms with Crippen molar-refractivity contribution in [2.75, 3.05) is 13.1 Å². The average molecular weight is 958 g/mol. The molecule has 0 aromatic heterocycles. The van der Waals surface area contributed by atoms with Crippen molar-refractivity contribution in [2.45, 2.75) is 182 Å². The second-order valence-corrected chi connectivity index (χ2v) is 22.3. The van der Waals surface area contributed by atoms with Gasteiger partial charge in [-0.3, -0.25) is 19.2 Å². The van der Waals surface area contributed by atoms with E-state index in [0.717, 1.165) is 11.1 Å². The zero-order valence-electron chi connectivity index (χ0n) is 43.3. The first-order valence-corrected chi connectivity index (χ1v) is 25.2. The number of ether oxygens (including phenoxy) is 2. The summed E-state index contributed by atoms with van der Waals surface area (Å²) in [5.41, 5.74) is -0.0103. The van der Waals surface area contributed by atoms with E-state index in [-0.39, 0.29) is 67.6 Å². The number of ketones is 2. The highest BCUT2D eigenvalue weighted by molar-refractivity contribution is 5.95. The van der Waals surface area contributed by atoms with E-state index in [1.807, 2.05) is 114 Å². The molecular weight excluding hydrogens is 875 g/mol. The van der Waals surface area contributed by atoms with E-state index in [4.69, 9.17) is 9.47 Å². The molecule has 4 rings (SSSR count). The molecule has 0 unspecified atom stereocenters. The van der Waals surface area contributed by atoms with E-state index in [0.29, 0.717) is 51.5 Å². The van der Waals surface area contributed by atoms with Crippen molar-refractivity contribution < 1.29 is 43.4 Å². The highest BCUT2D eigenvalue weighted by Crippen LogP contribution is 2.41. The molecule has 0 aliphatic carbocycles. The Labute approximate surface area is 412 Å². The minimum absolute atomic E-state index is 0.0485. The number of amides is 4. The second kappa shape index (κ2) is 25.7. The van der Waals surface area contributed by atoms with Crippen LogP contribution in [0.1, 0.15) is 145 Å². The van der Waals surface area contributed by atoms with Crippen molar-refractivity contribution >= 4 is 35.6 Å². The Morgan fingerprint density at radius 3 is 2.03 bits per heavy atom. The quantitative estimate of drug-likeness (QED) is 0.0619. The van der Waals surface area contributed by atoms with Gasteiger partial charge in [-0.2, -0.15) is 5.06 Å². The fourth-order valence-corrected chi connectivity index (χ4v) is 10.0. The number of nitrogens with one attached hydrogen (secondary N) is 3. The van der Waals surface area contributed by atoms with Crippen molar-refractivity contribution in [1.29, 1.82) is 0 Å². The fraction of sp³-hybridized carbons (Fsp3) is 0.636. The molecule has 14 nitrogen and oxygen atoms in total. The average Bonchev–Trinajstić information content (AvgIpc) is 3.76. The Bertz CT molecular complexity index is 2010. The van der Waals surface area contributed by atoms with E-state index < -0.39 is 64.7 Å². The van der Waals surface area contributed by atoms with E-state index >= 15 is 0 Å². The van der Waals surface area contributed by atoms with Crippen LogP contribution in [0, 0.1) is 29.6 Å². The smallest absolute Gasteiger partial charge is 0.408 e. The molecule has 5 atom stereocenters.